The maximum absolute atomic E-state index is 13.3. The highest BCUT2D eigenvalue weighted by Crippen LogP contribution is 2.27. The second-order valence-corrected chi connectivity index (χ2v) is 5.98. The highest BCUT2D eigenvalue weighted by molar-refractivity contribution is 6.31. The summed E-state index contributed by atoms with van der Waals surface area (Å²) in [5, 5.41) is 3.33. The number of hydrogen-bond acceptors (Lipinski definition) is 3. The molecule has 2 heterocycles. The molecule has 2 aromatic rings. The van der Waals surface area contributed by atoms with Crippen molar-refractivity contribution >= 4 is 23.2 Å². The lowest BCUT2D eigenvalue weighted by Gasteiger charge is -2.20. The molecular weight excluding hydrogens is 317 g/mol. The van der Waals surface area contributed by atoms with Crippen LogP contribution in [0, 0.1) is 5.82 Å². The number of benzene rings is 1. The first-order chi connectivity index (χ1) is 11.1. The van der Waals surface area contributed by atoms with Crippen LogP contribution in [0.3, 0.4) is 0 Å². The Hall–Kier alpha value is -1.98. The highest BCUT2D eigenvalue weighted by atomic mass is 35.5. The molecule has 0 saturated carbocycles. The smallest absolute Gasteiger partial charge is 0.244 e. The van der Waals surface area contributed by atoms with Crippen molar-refractivity contribution < 1.29 is 9.18 Å². The van der Waals surface area contributed by atoms with Crippen molar-refractivity contribution in [3.05, 3.63) is 59.1 Å². The fourth-order valence-corrected chi connectivity index (χ4v) is 2.94. The van der Waals surface area contributed by atoms with Gasteiger partial charge < -0.3 is 4.90 Å². The van der Waals surface area contributed by atoms with Gasteiger partial charge in [-0.15, -0.1) is 0 Å². The van der Waals surface area contributed by atoms with Crippen molar-refractivity contribution in [3.63, 3.8) is 0 Å². The van der Waals surface area contributed by atoms with Crippen LogP contribution < -0.4 is 10.2 Å². The number of amides is 1. The van der Waals surface area contributed by atoms with Crippen LogP contribution in [0.1, 0.15) is 25.1 Å². The fourth-order valence-electron chi connectivity index (χ4n) is 2.76. The highest BCUT2D eigenvalue weighted by Gasteiger charge is 2.33. The second-order valence-electron chi connectivity index (χ2n) is 5.57. The van der Waals surface area contributed by atoms with E-state index in [0.717, 1.165) is 5.69 Å². The Morgan fingerprint density at radius 2 is 2.22 bits per heavy atom. The van der Waals surface area contributed by atoms with E-state index < -0.39 is 5.82 Å². The molecule has 6 heteroatoms. The van der Waals surface area contributed by atoms with Gasteiger partial charge in [0, 0.05) is 24.5 Å². The summed E-state index contributed by atoms with van der Waals surface area (Å²) < 4.78 is 13.3. The van der Waals surface area contributed by atoms with Crippen LogP contribution in [-0.4, -0.2) is 23.5 Å². The molecule has 1 aliphatic rings. The van der Waals surface area contributed by atoms with E-state index in [1.807, 2.05) is 25.1 Å². The van der Waals surface area contributed by atoms with E-state index in [2.05, 4.69) is 10.3 Å². The van der Waals surface area contributed by atoms with Gasteiger partial charge in [0.05, 0.1) is 16.8 Å². The van der Waals surface area contributed by atoms with Gasteiger partial charge in [0.15, 0.2) is 0 Å². The molecule has 0 unspecified atom stereocenters. The Kier molecular flexibility index (Phi) is 4.59. The van der Waals surface area contributed by atoms with E-state index in [9.17, 15) is 9.18 Å². The molecule has 2 atom stereocenters. The molecule has 4 nitrogen and oxygen atoms in total. The minimum absolute atomic E-state index is 0.0218. The summed E-state index contributed by atoms with van der Waals surface area (Å²) in [6, 6.07) is 9.73. The maximum Gasteiger partial charge on any atom is 0.244 e. The lowest BCUT2D eigenvalue weighted by atomic mass is 10.1. The molecular formula is C17H17ClFN3O. The lowest BCUT2D eigenvalue weighted by Crippen LogP contribution is -2.39. The first-order valence-electron chi connectivity index (χ1n) is 7.49. The predicted molar refractivity (Wildman–Crippen MR) is 88.0 cm³/mol. The molecule has 1 N–H and O–H groups in total. The quantitative estimate of drug-likeness (QED) is 0.933. The molecule has 0 bridgehead atoms. The Bertz CT molecular complexity index is 710. The number of aromatic nitrogens is 1. The van der Waals surface area contributed by atoms with Crippen molar-refractivity contribution in [2.45, 2.75) is 25.4 Å². The summed E-state index contributed by atoms with van der Waals surface area (Å²) in [7, 11) is 0. The molecule has 1 aromatic carbocycles. The molecule has 1 saturated heterocycles. The van der Waals surface area contributed by atoms with Crippen molar-refractivity contribution in [2.24, 2.45) is 0 Å². The zero-order valence-electron chi connectivity index (χ0n) is 12.7. The van der Waals surface area contributed by atoms with Crippen LogP contribution in [0.2, 0.25) is 5.02 Å². The standard InChI is InChI=1S/C17H17ClFN3O/c1-11(15-4-2-3-8-20-15)21-16-7-9-22(17(16)23)12-5-6-14(19)13(18)10-12/h2-6,8,10-11,16,21H,7,9H2,1H3/t11-,16+/m0/s1. The number of nitrogens with zero attached hydrogens (tertiary/aromatic N) is 2. The van der Waals surface area contributed by atoms with Crippen LogP contribution >= 0.6 is 11.6 Å². The molecule has 3 rings (SSSR count). The summed E-state index contributed by atoms with van der Waals surface area (Å²) in [5.41, 5.74) is 1.51. The largest absolute Gasteiger partial charge is 0.311 e. The van der Waals surface area contributed by atoms with E-state index in [1.54, 1.807) is 17.2 Å². The molecule has 0 aliphatic carbocycles. The minimum Gasteiger partial charge on any atom is -0.311 e. The summed E-state index contributed by atoms with van der Waals surface area (Å²) in [6.07, 6.45) is 2.42. The number of rotatable bonds is 4. The molecule has 1 amide bonds. The van der Waals surface area contributed by atoms with Crippen LogP contribution in [0.25, 0.3) is 0 Å². The fraction of sp³-hybridized carbons (Fsp3) is 0.294. The molecule has 1 aromatic heterocycles. The van der Waals surface area contributed by atoms with Crippen LogP contribution in [0.4, 0.5) is 10.1 Å². The third kappa shape index (κ3) is 3.35. The van der Waals surface area contributed by atoms with Crippen molar-refractivity contribution in [2.75, 3.05) is 11.4 Å². The van der Waals surface area contributed by atoms with Gasteiger partial charge in [-0.1, -0.05) is 17.7 Å². The van der Waals surface area contributed by atoms with E-state index in [4.69, 9.17) is 11.6 Å². The Morgan fingerprint density at radius 1 is 1.39 bits per heavy atom. The Morgan fingerprint density at radius 3 is 2.91 bits per heavy atom. The summed E-state index contributed by atoms with van der Waals surface area (Å²) >= 11 is 5.80. The summed E-state index contributed by atoms with van der Waals surface area (Å²) in [4.78, 5) is 18.5. The second kappa shape index (κ2) is 6.64. The lowest BCUT2D eigenvalue weighted by molar-refractivity contribution is -0.119. The van der Waals surface area contributed by atoms with Crippen LogP contribution in [-0.2, 0) is 4.79 Å². The molecule has 0 spiro atoms. The average Bonchev–Trinajstić information content (AvgIpc) is 2.92. The molecule has 120 valence electrons. The van der Waals surface area contributed by atoms with Crippen molar-refractivity contribution in [3.8, 4) is 0 Å². The number of pyridine rings is 1. The third-order valence-electron chi connectivity index (χ3n) is 4.00. The number of nitrogens with one attached hydrogen (secondary N) is 1. The van der Waals surface area contributed by atoms with Gasteiger partial charge in [0.1, 0.15) is 5.82 Å². The average molecular weight is 334 g/mol. The van der Waals surface area contributed by atoms with Gasteiger partial charge in [0.2, 0.25) is 5.91 Å². The molecule has 0 radical (unpaired) electrons. The van der Waals surface area contributed by atoms with Crippen LogP contribution in [0.15, 0.2) is 42.6 Å². The van der Waals surface area contributed by atoms with Gasteiger partial charge >= 0.3 is 0 Å². The predicted octanol–water partition coefficient (Wildman–Crippen LogP) is 3.33. The molecule has 1 fully saturated rings. The number of hydrogen-bond donors (Lipinski definition) is 1. The molecule has 23 heavy (non-hydrogen) atoms. The first kappa shape index (κ1) is 15.9. The van der Waals surface area contributed by atoms with Gasteiger partial charge in [-0.05, 0) is 43.7 Å². The van der Waals surface area contributed by atoms with E-state index in [0.29, 0.717) is 18.7 Å². The monoisotopic (exact) mass is 333 g/mol. The Labute approximate surface area is 139 Å². The number of carbonyl (C=O) groups excluding carboxylic acids is 1. The third-order valence-corrected chi connectivity index (χ3v) is 4.29. The SMILES string of the molecule is C[C@H](N[C@@H]1CCN(c2ccc(F)c(Cl)c2)C1=O)c1ccccn1. The van der Waals surface area contributed by atoms with Gasteiger partial charge in [0.25, 0.3) is 0 Å². The maximum atomic E-state index is 13.3. The van der Waals surface area contributed by atoms with Gasteiger partial charge in [-0.3, -0.25) is 15.1 Å². The zero-order chi connectivity index (χ0) is 16.4. The number of anilines is 1. The van der Waals surface area contributed by atoms with E-state index >= 15 is 0 Å². The van der Waals surface area contributed by atoms with Gasteiger partial charge in [-0.2, -0.15) is 0 Å². The van der Waals surface area contributed by atoms with E-state index in [-0.39, 0.29) is 23.0 Å². The first-order valence-corrected chi connectivity index (χ1v) is 7.87. The zero-order valence-corrected chi connectivity index (χ0v) is 13.4. The summed E-state index contributed by atoms with van der Waals surface area (Å²) in [6.45, 7) is 2.56. The Balaban J connectivity index is 1.70. The number of carbonyl (C=O) groups is 1. The normalized spacial score (nSPS) is 19.2. The van der Waals surface area contributed by atoms with Crippen LogP contribution in [0.5, 0.6) is 0 Å². The van der Waals surface area contributed by atoms with E-state index in [1.165, 1.54) is 12.1 Å². The van der Waals surface area contributed by atoms with Crippen molar-refractivity contribution in [1.29, 1.82) is 0 Å². The minimum atomic E-state index is -0.486. The van der Waals surface area contributed by atoms with Crippen molar-refractivity contribution in [1.82, 2.24) is 10.3 Å². The number of halogens is 2. The molecule has 1 aliphatic heterocycles. The summed E-state index contributed by atoms with van der Waals surface area (Å²) in [5.74, 6) is -0.518. The topological polar surface area (TPSA) is 45.2 Å². The van der Waals surface area contributed by atoms with Gasteiger partial charge in [-0.25, -0.2) is 4.39 Å².